The zero-order valence-electron chi connectivity index (χ0n) is 13.9. The average Bonchev–Trinajstić information content (AvgIpc) is 3.09. The molecule has 0 saturated heterocycles. The maximum absolute atomic E-state index is 12.3. The molecule has 0 radical (unpaired) electrons. The summed E-state index contributed by atoms with van der Waals surface area (Å²) in [6.45, 7) is 0.652. The van der Waals surface area contributed by atoms with Crippen LogP contribution >= 0.6 is 15.9 Å². The van der Waals surface area contributed by atoms with Gasteiger partial charge in [0.05, 0.1) is 20.6 Å². The first-order chi connectivity index (χ1) is 12.1. The zero-order valence-corrected chi connectivity index (χ0v) is 15.5. The minimum atomic E-state index is -0.0920. The lowest BCUT2D eigenvalue weighted by Crippen LogP contribution is -2.24. The Morgan fingerprint density at radius 3 is 2.60 bits per heavy atom. The maximum atomic E-state index is 12.3. The Hall–Kier alpha value is -2.41. The highest BCUT2D eigenvalue weighted by molar-refractivity contribution is 9.10. The molecule has 3 rings (SSSR count). The van der Waals surface area contributed by atoms with Gasteiger partial charge in [-0.1, -0.05) is 22.0 Å². The third-order valence-electron chi connectivity index (χ3n) is 3.83. The summed E-state index contributed by atoms with van der Waals surface area (Å²) in [6.07, 6.45) is 0.228. The molecule has 0 aromatic heterocycles. The van der Waals surface area contributed by atoms with Crippen molar-refractivity contribution in [3.8, 4) is 23.0 Å². The van der Waals surface area contributed by atoms with Crippen molar-refractivity contribution in [3.05, 3.63) is 45.9 Å². The second-order valence-corrected chi connectivity index (χ2v) is 6.29. The lowest BCUT2D eigenvalue weighted by molar-refractivity contribution is -0.120. The van der Waals surface area contributed by atoms with E-state index < -0.39 is 0 Å². The van der Waals surface area contributed by atoms with Crippen LogP contribution in [0.5, 0.6) is 23.0 Å². The molecule has 25 heavy (non-hydrogen) atoms. The average molecular weight is 408 g/mol. The quantitative estimate of drug-likeness (QED) is 0.796. The third kappa shape index (κ3) is 3.99. The maximum Gasteiger partial charge on any atom is 0.231 e. The van der Waals surface area contributed by atoms with Crippen LogP contribution in [0.25, 0.3) is 0 Å². The van der Waals surface area contributed by atoms with Gasteiger partial charge in [-0.2, -0.15) is 0 Å². The normalized spacial score (nSPS) is 12.0. The van der Waals surface area contributed by atoms with E-state index in [0.29, 0.717) is 23.8 Å². The second-order valence-electron chi connectivity index (χ2n) is 5.44. The van der Waals surface area contributed by atoms with Gasteiger partial charge in [-0.05, 0) is 35.4 Å². The number of benzene rings is 2. The first-order valence-electron chi connectivity index (χ1n) is 7.66. The summed E-state index contributed by atoms with van der Waals surface area (Å²) in [7, 11) is 3.14. The van der Waals surface area contributed by atoms with Gasteiger partial charge in [0, 0.05) is 11.0 Å². The number of hydrogen-bond donors (Lipinski definition) is 1. The molecule has 7 heteroatoms. The molecule has 132 valence electrons. The molecular formula is C18H18BrNO5. The molecule has 1 aliphatic rings. The largest absolute Gasteiger partial charge is 0.493 e. The van der Waals surface area contributed by atoms with Crippen molar-refractivity contribution in [2.24, 2.45) is 0 Å². The van der Waals surface area contributed by atoms with Gasteiger partial charge in [-0.3, -0.25) is 4.79 Å². The summed E-state index contributed by atoms with van der Waals surface area (Å²) >= 11 is 3.46. The summed E-state index contributed by atoms with van der Waals surface area (Å²) in [6, 6.07) is 9.20. The molecule has 0 fully saturated rings. The molecule has 0 spiro atoms. The summed E-state index contributed by atoms with van der Waals surface area (Å²) in [4.78, 5) is 12.3. The van der Waals surface area contributed by atoms with E-state index in [0.717, 1.165) is 21.3 Å². The molecule has 0 aliphatic carbocycles. The van der Waals surface area contributed by atoms with Crippen LogP contribution < -0.4 is 24.3 Å². The number of hydrogen-bond acceptors (Lipinski definition) is 5. The molecule has 0 saturated carbocycles. The second kappa shape index (κ2) is 7.65. The monoisotopic (exact) mass is 407 g/mol. The van der Waals surface area contributed by atoms with Crippen LogP contribution in [0, 0.1) is 0 Å². The Labute approximate surface area is 154 Å². The Morgan fingerprint density at radius 1 is 1.12 bits per heavy atom. The number of amides is 1. The van der Waals surface area contributed by atoms with Crippen molar-refractivity contribution < 1.29 is 23.7 Å². The van der Waals surface area contributed by atoms with Crippen LogP contribution in [0.3, 0.4) is 0 Å². The molecule has 1 N–H and O–H groups in total. The predicted molar refractivity (Wildman–Crippen MR) is 95.4 cm³/mol. The zero-order chi connectivity index (χ0) is 17.8. The van der Waals surface area contributed by atoms with Gasteiger partial charge >= 0.3 is 0 Å². The predicted octanol–water partition coefficient (Wildman–Crippen LogP) is 3.05. The standard InChI is InChI=1S/C18H18BrNO5/c1-22-15-6-12(13(19)8-16(15)23-2)7-18(21)20-9-11-3-4-14-17(5-11)25-10-24-14/h3-6,8H,7,9-10H2,1-2H3,(H,20,21). The highest BCUT2D eigenvalue weighted by Gasteiger charge is 2.15. The molecule has 1 aliphatic heterocycles. The van der Waals surface area contributed by atoms with Crippen LogP contribution in [-0.4, -0.2) is 26.9 Å². The SMILES string of the molecule is COc1cc(Br)c(CC(=O)NCc2ccc3c(c2)OCO3)cc1OC. The molecule has 2 aromatic rings. The molecule has 2 aromatic carbocycles. The molecule has 0 atom stereocenters. The Morgan fingerprint density at radius 2 is 1.84 bits per heavy atom. The lowest BCUT2D eigenvalue weighted by Gasteiger charge is -2.12. The van der Waals surface area contributed by atoms with Crippen molar-refractivity contribution in [1.29, 1.82) is 0 Å². The Bertz CT molecular complexity index is 793. The molecule has 0 unspecified atom stereocenters. The minimum absolute atomic E-state index is 0.0920. The Balaban J connectivity index is 1.63. The van der Waals surface area contributed by atoms with Gasteiger partial charge in [-0.25, -0.2) is 0 Å². The van der Waals surface area contributed by atoms with Gasteiger partial charge in [0.1, 0.15) is 0 Å². The van der Waals surface area contributed by atoms with Crippen molar-refractivity contribution >= 4 is 21.8 Å². The molecular weight excluding hydrogens is 390 g/mol. The van der Waals surface area contributed by atoms with Gasteiger partial charge in [-0.15, -0.1) is 0 Å². The van der Waals surface area contributed by atoms with E-state index in [2.05, 4.69) is 21.2 Å². The Kier molecular flexibility index (Phi) is 5.33. The highest BCUT2D eigenvalue weighted by Crippen LogP contribution is 2.34. The minimum Gasteiger partial charge on any atom is -0.493 e. The van der Waals surface area contributed by atoms with Crippen molar-refractivity contribution in [1.82, 2.24) is 5.32 Å². The van der Waals surface area contributed by atoms with Gasteiger partial charge in [0.2, 0.25) is 12.7 Å². The van der Waals surface area contributed by atoms with Crippen LogP contribution in [-0.2, 0) is 17.8 Å². The number of ether oxygens (including phenoxy) is 4. The first kappa shape index (κ1) is 17.4. The van der Waals surface area contributed by atoms with Crippen LogP contribution in [0.4, 0.5) is 0 Å². The van der Waals surface area contributed by atoms with Crippen LogP contribution in [0.1, 0.15) is 11.1 Å². The number of halogens is 1. The molecule has 0 bridgehead atoms. The summed E-state index contributed by atoms with van der Waals surface area (Å²) in [5.41, 5.74) is 1.77. The topological polar surface area (TPSA) is 66.0 Å². The third-order valence-corrected chi connectivity index (χ3v) is 4.57. The van der Waals surface area contributed by atoms with E-state index in [-0.39, 0.29) is 19.1 Å². The summed E-state index contributed by atoms with van der Waals surface area (Å²) in [5.74, 6) is 2.53. The van der Waals surface area contributed by atoms with Crippen molar-refractivity contribution in [3.63, 3.8) is 0 Å². The van der Waals surface area contributed by atoms with E-state index >= 15 is 0 Å². The van der Waals surface area contributed by atoms with E-state index in [9.17, 15) is 4.79 Å². The summed E-state index contributed by atoms with van der Waals surface area (Å²) in [5, 5.41) is 2.90. The van der Waals surface area contributed by atoms with Crippen molar-refractivity contribution in [2.45, 2.75) is 13.0 Å². The van der Waals surface area contributed by atoms with E-state index in [1.807, 2.05) is 18.2 Å². The molecule has 1 amide bonds. The number of fused-ring (bicyclic) bond motifs is 1. The fourth-order valence-corrected chi connectivity index (χ4v) is 2.98. The fourth-order valence-electron chi connectivity index (χ4n) is 2.52. The van der Waals surface area contributed by atoms with E-state index in [1.165, 1.54) is 0 Å². The number of carbonyl (C=O) groups excluding carboxylic acids is 1. The highest BCUT2D eigenvalue weighted by atomic mass is 79.9. The molecule has 1 heterocycles. The lowest BCUT2D eigenvalue weighted by atomic mass is 10.1. The van der Waals surface area contributed by atoms with Gasteiger partial charge in [0.15, 0.2) is 23.0 Å². The number of carbonyl (C=O) groups is 1. The number of rotatable bonds is 6. The number of nitrogens with one attached hydrogen (secondary N) is 1. The fraction of sp³-hybridized carbons (Fsp3) is 0.278. The smallest absolute Gasteiger partial charge is 0.231 e. The van der Waals surface area contributed by atoms with E-state index in [1.54, 1.807) is 26.4 Å². The van der Waals surface area contributed by atoms with Gasteiger partial charge < -0.3 is 24.3 Å². The van der Waals surface area contributed by atoms with E-state index in [4.69, 9.17) is 18.9 Å². The van der Waals surface area contributed by atoms with Gasteiger partial charge in [0.25, 0.3) is 0 Å². The molecule has 6 nitrogen and oxygen atoms in total. The number of methoxy groups -OCH3 is 2. The van der Waals surface area contributed by atoms with Crippen LogP contribution in [0.15, 0.2) is 34.8 Å². The summed E-state index contributed by atoms with van der Waals surface area (Å²) < 4.78 is 21.9. The first-order valence-corrected chi connectivity index (χ1v) is 8.45. The van der Waals surface area contributed by atoms with Crippen LogP contribution in [0.2, 0.25) is 0 Å². The van der Waals surface area contributed by atoms with Crippen molar-refractivity contribution in [2.75, 3.05) is 21.0 Å².